The number of hydrogen-bond donors (Lipinski definition) is 0. The smallest absolute Gasteiger partial charge is 0.231 e. The molecule has 2 aromatic rings. The van der Waals surface area contributed by atoms with Crippen LogP contribution in [0.4, 0.5) is 0 Å². The van der Waals surface area contributed by atoms with Crippen LogP contribution in [-0.2, 0) is 6.54 Å². The topological polar surface area (TPSA) is 39.5 Å². The van der Waals surface area contributed by atoms with Crippen LogP contribution in [-0.4, -0.2) is 40.4 Å². The van der Waals surface area contributed by atoms with Crippen LogP contribution in [0.3, 0.4) is 0 Å². The molecule has 138 valence electrons. The van der Waals surface area contributed by atoms with Crippen molar-refractivity contribution in [2.24, 2.45) is 5.92 Å². The quantitative estimate of drug-likeness (QED) is 0.808. The lowest BCUT2D eigenvalue weighted by Gasteiger charge is -2.44. The monoisotopic (exact) mass is 373 g/mol. The number of aromatic nitrogens is 2. The van der Waals surface area contributed by atoms with E-state index in [1.54, 1.807) is 0 Å². The molecule has 2 atom stereocenters. The molecule has 0 N–H and O–H groups in total. The zero-order valence-electron chi connectivity index (χ0n) is 14.9. The van der Waals surface area contributed by atoms with Crippen LogP contribution in [0.2, 0.25) is 5.02 Å². The molecule has 1 aromatic carbocycles. The maximum Gasteiger partial charge on any atom is 0.231 e. The highest BCUT2D eigenvalue weighted by molar-refractivity contribution is 6.33. The van der Waals surface area contributed by atoms with E-state index in [9.17, 15) is 0 Å². The summed E-state index contributed by atoms with van der Waals surface area (Å²) in [7, 11) is 0. The minimum atomic E-state index is 0.253. The third kappa shape index (κ3) is 2.87. The van der Waals surface area contributed by atoms with Crippen LogP contribution in [0.15, 0.2) is 24.5 Å². The van der Waals surface area contributed by atoms with Crippen LogP contribution < -0.4 is 9.47 Å². The number of halogens is 1. The van der Waals surface area contributed by atoms with Gasteiger partial charge in [0.1, 0.15) is 5.82 Å². The van der Waals surface area contributed by atoms with Gasteiger partial charge >= 0.3 is 0 Å². The number of hydrogen-bond acceptors (Lipinski definition) is 4. The molecule has 4 heterocycles. The minimum absolute atomic E-state index is 0.253. The van der Waals surface area contributed by atoms with Gasteiger partial charge in [-0.2, -0.15) is 0 Å². The maximum absolute atomic E-state index is 6.53. The average molecular weight is 374 g/mol. The molecule has 2 saturated heterocycles. The molecular weight excluding hydrogens is 350 g/mol. The molecule has 0 bridgehead atoms. The Morgan fingerprint density at radius 2 is 1.92 bits per heavy atom. The molecule has 0 amide bonds. The van der Waals surface area contributed by atoms with Gasteiger partial charge < -0.3 is 18.9 Å². The lowest BCUT2D eigenvalue weighted by Crippen LogP contribution is -2.49. The molecule has 0 radical (unpaired) electrons. The summed E-state index contributed by atoms with van der Waals surface area (Å²) in [4.78, 5) is 7.32. The van der Waals surface area contributed by atoms with Crippen molar-refractivity contribution >= 4 is 11.6 Å². The lowest BCUT2D eigenvalue weighted by molar-refractivity contribution is 0.0521. The molecule has 0 saturated carbocycles. The fraction of sp³-hybridized carbons (Fsp3) is 0.550. The largest absolute Gasteiger partial charge is 0.454 e. The van der Waals surface area contributed by atoms with Crippen molar-refractivity contribution in [3.05, 3.63) is 29.5 Å². The Morgan fingerprint density at radius 1 is 1.08 bits per heavy atom. The van der Waals surface area contributed by atoms with Gasteiger partial charge in [-0.3, -0.25) is 0 Å². The minimum Gasteiger partial charge on any atom is -0.454 e. The highest BCUT2D eigenvalue weighted by atomic mass is 35.5. The van der Waals surface area contributed by atoms with Crippen molar-refractivity contribution in [3.8, 4) is 22.9 Å². The Kier molecular flexibility index (Phi) is 4.29. The Labute approximate surface area is 158 Å². The van der Waals surface area contributed by atoms with Gasteiger partial charge in [-0.15, -0.1) is 0 Å². The zero-order valence-corrected chi connectivity index (χ0v) is 15.6. The third-order valence-corrected chi connectivity index (χ3v) is 6.39. The van der Waals surface area contributed by atoms with E-state index in [0.717, 1.165) is 29.7 Å². The van der Waals surface area contributed by atoms with Gasteiger partial charge in [-0.25, -0.2) is 4.98 Å². The second kappa shape index (κ2) is 6.78. The van der Waals surface area contributed by atoms with Crippen LogP contribution in [0, 0.1) is 5.92 Å². The molecule has 1 aromatic heterocycles. The molecule has 0 spiro atoms. The molecule has 6 heteroatoms. The van der Waals surface area contributed by atoms with Crippen molar-refractivity contribution in [2.45, 2.75) is 44.7 Å². The van der Waals surface area contributed by atoms with Gasteiger partial charge in [-0.05, 0) is 50.8 Å². The molecule has 26 heavy (non-hydrogen) atoms. The standard InChI is InChI=1S/C20H24ClN3O2/c21-16-11-19-18(25-13-26-19)10-15(16)20-22-6-9-24(20)12-14-4-3-8-23-7-2-1-5-17(14)23/h6,9-11,14,17H,1-5,7-8,12-13H2/t14-,17+/m0/s1. The molecule has 5 rings (SSSR count). The van der Waals surface area contributed by atoms with E-state index >= 15 is 0 Å². The Morgan fingerprint density at radius 3 is 2.85 bits per heavy atom. The number of ether oxygens (including phenoxy) is 2. The van der Waals surface area contributed by atoms with E-state index in [1.165, 1.54) is 45.2 Å². The molecule has 5 nitrogen and oxygen atoms in total. The van der Waals surface area contributed by atoms with Gasteiger partial charge in [0.15, 0.2) is 11.5 Å². The van der Waals surface area contributed by atoms with E-state index < -0.39 is 0 Å². The van der Waals surface area contributed by atoms with Gasteiger partial charge in [0, 0.05) is 36.6 Å². The summed E-state index contributed by atoms with van der Waals surface area (Å²) >= 11 is 6.53. The van der Waals surface area contributed by atoms with Crippen molar-refractivity contribution in [1.29, 1.82) is 0 Å². The second-order valence-corrected chi connectivity index (χ2v) is 8.00. The van der Waals surface area contributed by atoms with E-state index in [-0.39, 0.29) is 6.79 Å². The predicted molar refractivity (Wildman–Crippen MR) is 101 cm³/mol. The van der Waals surface area contributed by atoms with Crippen molar-refractivity contribution in [3.63, 3.8) is 0 Å². The zero-order chi connectivity index (χ0) is 17.5. The average Bonchev–Trinajstić information content (AvgIpc) is 3.30. The summed E-state index contributed by atoms with van der Waals surface area (Å²) in [5, 5.41) is 0.657. The fourth-order valence-electron chi connectivity index (χ4n) is 4.83. The number of imidazole rings is 1. The molecule has 3 aliphatic heterocycles. The highest BCUT2D eigenvalue weighted by Gasteiger charge is 2.33. The SMILES string of the molecule is Clc1cc2c(cc1-c1nccn1C[C@@H]1CCCN3CCCC[C@H]13)OCO2. The summed E-state index contributed by atoms with van der Waals surface area (Å²) < 4.78 is 13.2. The lowest BCUT2D eigenvalue weighted by atomic mass is 9.83. The van der Waals surface area contributed by atoms with Crippen molar-refractivity contribution in [1.82, 2.24) is 14.5 Å². The first-order valence-corrected chi connectivity index (χ1v) is 10.0. The van der Waals surface area contributed by atoms with Crippen LogP contribution in [0.5, 0.6) is 11.5 Å². The van der Waals surface area contributed by atoms with E-state index in [0.29, 0.717) is 16.7 Å². The number of piperidine rings is 2. The Balaban J connectivity index is 1.43. The number of benzene rings is 1. The maximum atomic E-state index is 6.53. The molecular formula is C20H24ClN3O2. The first-order chi connectivity index (χ1) is 12.8. The van der Waals surface area contributed by atoms with Gasteiger partial charge in [0.2, 0.25) is 6.79 Å². The number of nitrogens with zero attached hydrogens (tertiary/aromatic N) is 3. The van der Waals surface area contributed by atoms with E-state index in [2.05, 4.69) is 20.6 Å². The van der Waals surface area contributed by atoms with Crippen LogP contribution in [0.1, 0.15) is 32.1 Å². The third-order valence-electron chi connectivity index (χ3n) is 6.08. The van der Waals surface area contributed by atoms with Crippen molar-refractivity contribution < 1.29 is 9.47 Å². The molecule has 2 fully saturated rings. The summed E-state index contributed by atoms with van der Waals surface area (Å²) in [5.41, 5.74) is 0.914. The van der Waals surface area contributed by atoms with Crippen LogP contribution >= 0.6 is 11.6 Å². The van der Waals surface area contributed by atoms with Gasteiger partial charge in [0.25, 0.3) is 0 Å². The fourth-order valence-corrected chi connectivity index (χ4v) is 5.07. The highest BCUT2D eigenvalue weighted by Crippen LogP contribution is 2.41. The Bertz CT molecular complexity index is 804. The summed E-state index contributed by atoms with van der Waals surface area (Å²) in [6.45, 7) is 3.79. The first kappa shape index (κ1) is 16.5. The first-order valence-electron chi connectivity index (χ1n) is 9.64. The van der Waals surface area contributed by atoms with Gasteiger partial charge in [-0.1, -0.05) is 18.0 Å². The number of fused-ring (bicyclic) bond motifs is 2. The number of rotatable bonds is 3. The van der Waals surface area contributed by atoms with Crippen LogP contribution in [0.25, 0.3) is 11.4 Å². The second-order valence-electron chi connectivity index (χ2n) is 7.59. The Hall–Kier alpha value is -1.72. The summed E-state index contributed by atoms with van der Waals surface area (Å²) in [5.74, 6) is 3.06. The summed E-state index contributed by atoms with van der Waals surface area (Å²) in [6, 6.07) is 4.51. The van der Waals surface area contributed by atoms with Gasteiger partial charge in [0.05, 0.1) is 5.02 Å². The molecule has 0 unspecified atom stereocenters. The predicted octanol–water partition coefficient (Wildman–Crippen LogP) is 4.20. The van der Waals surface area contributed by atoms with E-state index in [4.69, 9.17) is 21.1 Å². The normalized spacial score (nSPS) is 25.3. The molecule has 0 aliphatic carbocycles. The summed E-state index contributed by atoms with van der Waals surface area (Å²) in [6.07, 6.45) is 10.6. The van der Waals surface area contributed by atoms with E-state index in [1.807, 2.05) is 18.3 Å². The van der Waals surface area contributed by atoms with Crippen molar-refractivity contribution in [2.75, 3.05) is 19.9 Å². The molecule has 3 aliphatic rings.